The summed E-state index contributed by atoms with van der Waals surface area (Å²) in [7, 11) is 5.79. The molecule has 2 heterocycles. The minimum absolute atomic E-state index is 0. The third kappa shape index (κ3) is 6.26. The van der Waals surface area contributed by atoms with Crippen LogP contribution in [-0.4, -0.2) is 51.4 Å². The molecule has 0 unspecified atom stereocenters. The molecule has 0 saturated heterocycles. The van der Waals surface area contributed by atoms with Crippen molar-refractivity contribution in [3.63, 3.8) is 0 Å². The van der Waals surface area contributed by atoms with Crippen molar-refractivity contribution >= 4 is 29.9 Å². The highest BCUT2D eigenvalue weighted by Gasteiger charge is 2.15. The zero-order chi connectivity index (χ0) is 18.4. The Labute approximate surface area is 172 Å². The van der Waals surface area contributed by atoms with E-state index in [0.29, 0.717) is 17.6 Å². The highest BCUT2D eigenvalue weighted by molar-refractivity contribution is 14.0. The van der Waals surface area contributed by atoms with E-state index in [0.717, 1.165) is 37.6 Å². The van der Waals surface area contributed by atoms with E-state index >= 15 is 0 Å². The van der Waals surface area contributed by atoms with Gasteiger partial charge in [-0.25, -0.2) is 0 Å². The zero-order valence-corrected chi connectivity index (χ0v) is 18.8. The van der Waals surface area contributed by atoms with E-state index < -0.39 is 0 Å². The van der Waals surface area contributed by atoms with E-state index in [4.69, 9.17) is 4.52 Å². The average Bonchev–Trinajstić information content (AvgIpc) is 3.13. The molecule has 2 aromatic heterocycles. The number of hydrogen-bond acceptors (Lipinski definition) is 5. The normalized spacial score (nSPS) is 11.6. The number of aryl methyl sites for hydroxylation is 3. The largest absolute Gasteiger partial charge is 0.356 e. The summed E-state index contributed by atoms with van der Waals surface area (Å²) >= 11 is 0. The van der Waals surface area contributed by atoms with Crippen molar-refractivity contribution in [2.45, 2.75) is 46.1 Å². The highest BCUT2D eigenvalue weighted by Crippen LogP contribution is 2.18. The maximum Gasteiger partial charge on any atom is 0.226 e. The Hall–Kier alpha value is -1.65. The number of aromatic nitrogens is 4. The van der Waals surface area contributed by atoms with Gasteiger partial charge in [0.25, 0.3) is 0 Å². The Morgan fingerprint density at radius 2 is 2.15 bits per heavy atom. The Balaban J connectivity index is 0.00000338. The second-order valence-electron chi connectivity index (χ2n) is 6.54. The van der Waals surface area contributed by atoms with Crippen molar-refractivity contribution in [1.29, 1.82) is 0 Å². The molecule has 146 valence electrons. The maximum absolute atomic E-state index is 5.12. The molecule has 0 amide bonds. The minimum Gasteiger partial charge on any atom is -0.356 e. The molecule has 0 atom stereocenters. The van der Waals surface area contributed by atoms with Crippen LogP contribution in [-0.2, 0) is 20.0 Å². The summed E-state index contributed by atoms with van der Waals surface area (Å²) < 4.78 is 7.00. The van der Waals surface area contributed by atoms with Gasteiger partial charge in [0.15, 0.2) is 11.8 Å². The van der Waals surface area contributed by atoms with E-state index in [9.17, 15) is 0 Å². The highest BCUT2D eigenvalue weighted by atomic mass is 127. The van der Waals surface area contributed by atoms with Crippen molar-refractivity contribution in [2.24, 2.45) is 12.0 Å². The molecule has 8 nitrogen and oxygen atoms in total. The van der Waals surface area contributed by atoms with Crippen molar-refractivity contribution in [3.05, 3.63) is 29.2 Å². The van der Waals surface area contributed by atoms with Crippen LogP contribution in [0.4, 0.5) is 0 Å². The molecule has 0 saturated carbocycles. The van der Waals surface area contributed by atoms with Gasteiger partial charge in [-0.05, 0) is 19.3 Å². The SMILES string of the molecule is CN=C(NCCCc1nc(C)no1)N(C)Cc1cn(C)nc1C(C)C.I. The third-order valence-electron chi connectivity index (χ3n) is 3.89. The summed E-state index contributed by atoms with van der Waals surface area (Å²) in [5, 5.41) is 11.7. The molecule has 0 aliphatic heterocycles. The first kappa shape index (κ1) is 22.4. The van der Waals surface area contributed by atoms with Crippen molar-refractivity contribution in [1.82, 2.24) is 30.1 Å². The molecule has 9 heteroatoms. The van der Waals surface area contributed by atoms with Crippen LogP contribution in [0.5, 0.6) is 0 Å². The average molecular weight is 475 g/mol. The van der Waals surface area contributed by atoms with Gasteiger partial charge >= 0.3 is 0 Å². The number of guanidine groups is 1. The van der Waals surface area contributed by atoms with Crippen LogP contribution in [0.25, 0.3) is 0 Å². The molecule has 2 aromatic rings. The quantitative estimate of drug-likeness (QED) is 0.287. The molecule has 0 aliphatic carbocycles. The Morgan fingerprint density at radius 1 is 1.42 bits per heavy atom. The first-order chi connectivity index (χ1) is 11.9. The number of nitrogens with zero attached hydrogens (tertiary/aromatic N) is 6. The number of nitrogens with one attached hydrogen (secondary N) is 1. The zero-order valence-electron chi connectivity index (χ0n) is 16.5. The molecular weight excluding hydrogens is 445 g/mol. The van der Waals surface area contributed by atoms with Gasteiger partial charge in [-0.3, -0.25) is 9.67 Å². The minimum atomic E-state index is 0. The molecule has 0 aromatic carbocycles. The van der Waals surface area contributed by atoms with Gasteiger partial charge in [-0.15, -0.1) is 24.0 Å². The topological polar surface area (TPSA) is 84.4 Å². The predicted molar refractivity (Wildman–Crippen MR) is 113 cm³/mol. The summed E-state index contributed by atoms with van der Waals surface area (Å²) in [6, 6.07) is 0. The molecule has 0 aliphatic rings. The molecule has 0 spiro atoms. The van der Waals surface area contributed by atoms with Gasteiger partial charge < -0.3 is 14.7 Å². The molecule has 1 N–H and O–H groups in total. The van der Waals surface area contributed by atoms with E-state index in [1.807, 2.05) is 25.7 Å². The number of halogens is 1. The van der Waals surface area contributed by atoms with Crippen LogP contribution in [0, 0.1) is 6.92 Å². The Morgan fingerprint density at radius 3 is 2.73 bits per heavy atom. The van der Waals surface area contributed by atoms with Crippen molar-refractivity contribution in [2.75, 3.05) is 20.6 Å². The summed E-state index contributed by atoms with van der Waals surface area (Å²) in [6.45, 7) is 7.72. The van der Waals surface area contributed by atoms with Gasteiger partial charge in [0.2, 0.25) is 5.89 Å². The monoisotopic (exact) mass is 475 g/mol. The van der Waals surface area contributed by atoms with E-state index in [2.05, 4.69) is 50.5 Å². The lowest BCUT2D eigenvalue weighted by Gasteiger charge is -2.22. The Bertz CT molecular complexity index is 708. The van der Waals surface area contributed by atoms with Crippen LogP contribution in [0.1, 0.15) is 49.2 Å². The third-order valence-corrected chi connectivity index (χ3v) is 3.89. The molecule has 0 radical (unpaired) electrons. The second kappa shape index (κ2) is 10.5. The van der Waals surface area contributed by atoms with Gasteiger partial charge in [0, 0.05) is 52.4 Å². The summed E-state index contributed by atoms with van der Waals surface area (Å²) in [5.74, 6) is 2.62. The predicted octanol–water partition coefficient (Wildman–Crippen LogP) is 2.49. The molecule has 0 bridgehead atoms. The van der Waals surface area contributed by atoms with Crippen LogP contribution >= 0.6 is 24.0 Å². The van der Waals surface area contributed by atoms with Gasteiger partial charge in [0.1, 0.15) is 0 Å². The maximum atomic E-state index is 5.12. The van der Waals surface area contributed by atoms with Crippen molar-refractivity contribution in [3.8, 4) is 0 Å². The second-order valence-corrected chi connectivity index (χ2v) is 6.54. The van der Waals surface area contributed by atoms with Gasteiger partial charge in [0.05, 0.1) is 5.69 Å². The van der Waals surface area contributed by atoms with Gasteiger partial charge in [-0.2, -0.15) is 10.1 Å². The number of rotatable bonds is 7. The standard InChI is InChI=1S/C17H29N7O.HI/c1-12(2)16-14(11-24(6)21-16)10-23(5)17(18-4)19-9-7-8-15-20-13(3)22-25-15;/h11-12H,7-10H2,1-6H3,(H,18,19);1H. The molecule has 2 rings (SSSR count). The first-order valence-electron chi connectivity index (χ1n) is 8.64. The first-order valence-corrected chi connectivity index (χ1v) is 8.64. The fraction of sp³-hybridized carbons (Fsp3) is 0.647. The summed E-state index contributed by atoms with van der Waals surface area (Å²) in [5.41, 5.74) is 2.36. The molecule has 0 fully saturated rings. The fourth-order valence-electron chi connectivity index (χ4n) is 2.76. The lowest BCUT2D eigenvalue weighted by Crippen LogP contribution is -2.39. The number of hydrogen-bond donors (Lipinski definition) is 1. The summed E-state index contributed by atoms with van der Waals surface area (Å²) in [6.07, 6.45) is 3.74. The van der Waals surface area contributed by atoms with E-state index in [1.54, 1.807) is 7.05 Å². The van der Waals surface area contributed by atoms with Crippen LogP contribution in [0.2, 0.25) is 0 Å². The van der Waals surface area contributed by atoms with Crippen LogP contribution in [0.3, 0.4) is 0 Å². The summed E-state index contributed by atoms with van der Waals surface area (Å²) in [4.78, 5) is 10.7. The van der Waals surface area contributed by atoms with Gasteiger partial charge in [-0.1, -0.05) is 19.0 Å². The number of aliphatic imine (C=N–C) groups is 1. The van der Waals surface area contributed by atoms with E-state index in [-0.39, 0.29) is 24.0 Å². The van der Waals surface area contributed by atoms with Crippen LogP contribution < -0.4 is 5.32 Å². The van der Waals surface area contributed by atoms with Crippen molar-refractivity contribution < 1.29 is 4.52 Å². The molecular formula is C17H30IN7O. The Kier molecular flexibility index (Phi) is 9.03. The van der Waals surface area contributed by atoms with E-state index in [1.165, 1.54) is 5.56 Å². The smallest absolute Gasteiger partial charge is 0.226 e. The lowest BCUT2D eigenvalue weighted by molar-refractivity contribution is 0.371. The lowest BCUT2D eigenvalue weighted by atomic mass is 10.1. The molecule has 26 heavy (non-hydrogen) atoms. The fourth-order valence-corrected chi connectivity index (χ4v) is 2.76. The van der Waals surface area contributed by atoms with Crippen LogP contribution in [0.15, 0.2) is 15.7 Å².